The van der Waals surface area contributed by atoms with E-state index in [2.05, 4.69) is 22.8 Å². The van der Waals surface area contributed by atoms with Gasteiger partial charge in [0.1, 0.15) is 0 Å². The Bertz CT molecular complexity index is 405. The Kier molecular flexibility index (Phi) is 4.02. The van der Waals surface area contributed by atoms with E-state index in [9.17, 15) is 4.79 Å². The Balaban J connectivity index is 1.65. The van der Waals surface area contributed by atoms with Crippen LogP contribution in [0, 0.1) is 5.92 Å². The van der Waals surface area contributed by atoms with Crippen molar-refractivity contribution in [2.75, 3.05) is 13.1 Å². The molecular formula is C16H24N2O. The molecule has 3 rings (SSSR count). The van der Waals surface area contributed by atoms with Gasteiger partial charge in [-0.05, 0) is 63.6 Å². The second-order valence-corrected chi connectivity index (χ2v) is 5.98. The normalized spacial score (nSPS) is 28.1. The van der Waals surface area contributed by atoms with E-state index >= 15 is 0 Å². The lowest BCUT2D eigenvalue weighted by Crippen LogP contribution is -2.44. The first kappa shape index (κ1) is 12.9. The number of carbonyl (C=O) groups is 1. The van der Waals surface area contributed by atoms with Gasteiger partial charge in [-0.1, -0.05) is 17.7 Å². The molecular weight excluding hydrogens is 236 g/mol. The number of rotatable bonds is 2. The van der Waals surface area contributed by atoms with Gasteiger partial charge in [0.05, 0.1) is 6.04 Å². The van der Waals surface area contributed by atoms with E-state index in [1.165, 1.54) is 31.3 Å². The molecule has 104 valence electrons. The molecule has 0 bridgehead atoms. The van der Waals surface area contributed by atoms with E-state index in [4.69, 9.17) is 0 Å². The predicted molar refractivity (Wildman–Crippen MR) is 76.8 cm³/mol. The van der Waals surface area contributed by atoms with Crippen LogP contribution in [-0.2, 0) is 4.79 Å². The summed E-state index contributed by atoms with van der Waals surface area (Å²) >= 11 is 0. The average molecular weight is 260 g/mol. The van der Waals surface area contributed by atoms with Gasteiger partial charge in [0.25, 0.3) is 0 Å². The Labute approximate surface area is 115 Å². The third-order valence-electron chi connectivity index (χ3n) is 4.69. The van der Waals surface area contributed by atoms with Gasteiger partial charge in [-0.25, -0.2) is 0 Å². The molecule has 1 amide bonds. The predicted octanol–water partition coefficient (Wildman–Crippen LogP) is 2.30. The van der Waals surface area contributed by atoms with Crippen LogP contribution < -0.4 is 10.6 Å². The monoisotopic (exact) mass is 260 g/mol. The Morgan fingerprint density at radius 3 is 2.89 bits per heavy atom. The molecule has 1 saturated heterocycles. The van der Waals surface area contributed by atoms with Crippen molar-refractivity contribution in [2.24, 2.45) is 5.92 Å². The smallest absolute Gasteiger partial charge is 0.223 e. The number of allylic oxidation sites excluding steroid dienone is 2. The fraction of sp³-hybridized carbons (Fsp3) is 0.688. The standard InChI is InChI=1S/C16H24N2O/c19-16(13-8-10-17-11-9-13)18-15-7-3-5-12-4-1-2-6-14(12)15/h2,6,13,15,17H,1,3-5,7-11H2,(H,18,19). The molecule has 1 heterocycles. The van der Waals surface area contributed by atoms with Gasteiger partial charge in [-0.3, -0.25) is 4.79 Å². The quantitative estimate of drug-likeness (QED) is 0.800. The second kappa shape index (κ2) is 5.91. The average Bonchev–Trinajstić information content (AvgIpc) is 2.48. The summed E-state index contributed by atoms with van der Waals surface area (Å²) in [5.41, 5.74) is 3.00. The zero-order chi connectivity index (χ0) is 13.1. The van der Waals surface area contributed by atoms with Crippen molar-refractivity contribution < 1.29 is 4.79 Å². The van der Waals surface area contributed by atoms with Crippen molar-refractivity contribution in [2.45, 2.75) is 51.0 Å². The first-order chi connectivity index (χ1) is 9.34. The fourth-order valence-corrected chi connectivity index (χ4v) is 3.56. The van der Waals surface area contributed by atoms with Gasteiger partial charge in [0.15, 0.2) is 0 Å². The molecule has 0 radical (unpaired) electrons. The topological polar surface area (TPSA) is 41.1 Å². The lowest BCUT2D eigenvalue weighted by atomic mass is 9.82. The minimum Gasteiger partial charge on any atom is -0.349 e. The molecule has 0 aromatic heterocycles. The van der Waals surface area contributed by atoms with Crippen LogP contribution >= 0.6 is 0 Å². The molecule has 1 atom stereocenters. The lowest BCUT2D eigenvalue weighted by molar-refractivity contribution is -0.126. The SMILES string of the molecule is O=C(NC1CCCC2=C1C=CCC2)C1CCNCC1. The summed E-state index contributed by atoms with van der Waals surface area (Å²) in [6.45, 7) is 1.97. The number of nitrogens with one attached hydrogen (secondary N) is 2. The van der Waals surface area contributed by atoms with Gasteiger partial charge >= 0.3 is 0 Å². The lowest BCUT2D eigenvalue weighted by Gasteiger charge is -2.31. The first-order valence-corrected chi connectivity index (χ1v) is 7.74. The largest absolute Gasteiger partial charge is 0.349 e. The number of carbonyl (C=O) groups excluding carboxylic acids is 1. The first-order valence-electron chi connectivity index (χ1n) is 7.74. The minimum absolute atomic E-state index is 0.222. The van der Waals surface area contributed by atoms with Gasteiger partial charge in [-0.2, -0.15) is 0 Å². The molecule has 1 fully saturated rings. The number of amides is 1. The minimum atomic E-state index is 0.222. The summed E-state index contributed by atoms with van der Waals surface area (Å²) < 4.78 is 0. The molecule has 0 aromatic rings. The van der Waals surface area contributed by atoms with Crippen LogP contribution in [0.15, 0.2) is 23.3 Å². The van der Waals surface area contributed by atoms with Crippen molar-refractivity contribution in [1.29, 1.82) is 0 Å². The van der Waals surface area contributed by atoms with Gasteiger partial charge in [0.2, 0.25) is 5.91 Å². The van der Waals surface area contributed by atoms with Gasteiger partial charge < -0.3 is 10.6 Å². The van der Waals surface area contributed by atoms with Crippen molar-refractivity contribution in [3.05, 3.63) is 23.3 Å². The Morgan fingerprint density at radius 1 is 1.21 bits per heavy atom. The van der Waals surface area contributed by atoms with E-state index in [1.54, 1.807) is 5.57 Å². The zero-order valence-corrected chi connectivity index (χ0v) is 11.6. The molecule has 1 unspecified atom stereocenters. The molecule has 2 aliphatic carbocycles. The highest BCUT2D eigenvalue weighted by molar-refractivity contribution is 5.79. The van der Waals surface area contributed by atoms with E-state index < -0.39 is 0 Å². The number of hydrogen-bond acceptors (Lipinski definition) is 2. The maximum absolute atomic E-state index is 12.4. The molecule has 1 aliphatic heterocycles. The highest BCUT2D eigenvalue weighted by Crippen LogP contribution is 2.32. The summed E-state index contributed by atoms with van der Waals surface area (Å²) in [7, 11) is 0. The molecule has 3 aliphatic rings. The number of hydrogen-bond donors (Lipinski definition) is 2. The van der Waals surface area contributed by atoms with Crippen LogP contribution in [0.2, 0.25) is 0 Å². The molecule has 2 N–H and O–H groups in total. The van der Waals surface area contributed by atoms with Crippen molar-refractivity contribution >= 4 is 5.91 Å². The fourth-order valence-electron chi connectivity index (χ4n) is 3.56. The summed E-state index contributed by atoms with van der Waals surface area (Å²) in [4.78, 5) is 12.4. The maximum atomic E-state index is 12.4. The van der Waals surface area contributed by atoms with Gasteiger partial charge in [0, 0.05) is 5.92 Å². The summed E-state index contributed by atoms with van der Waals surface area (Å²) in [5.74, 6) is 0.499. The molecule has 3 heteroatoms. The zero-order valence-electron chi connectivity index (χ0n) is 11.6. The van der Waals surface area contributed by atoms with Crippen LogP contribution in [0.5, 0.6) is 0 Å². The third-order valence-corrected chi connectivity index (χ3v) is 4.69. The molecule has 0 spiro atoms. The summed E-state index contributed by atoms with van der Waals surface area (Å²) in [6, 6.07) is 0.280. The second-order valence-electron chi connectivity index (χ2n) is 5.98. The van der Waals surface area contributed by atoms with E-state index in [0.29, 0.717) is 0 Å². The van der Waals surface area contributed by atoms with Crippen LogP contribution in [0.3, 0.4) is 0 Å². The van der Waals surface area contributed by atoms with Crippen molar-refractivity contribution in [1.82, 2.24) is 10.6 Å². The molecule has 3 nitrogen and oxygen atoms in total. The summed E-state index contributed by atoms with van der Waals surface area (Å²) in [6.07, 6.45) is 12.4. The van der Waals surface area contributed by atoms with E-state index in [0.717, 1.165) is 32.4 Å². The maximum Gasteiger partial charge on any atom is 0.223 e. The molecule has 0 aromatic carbocycles. The van der Waals surface area contributed by atoms with Crippen LogP contribution in [0.25, 0.3) is 0 Å². The summed E-state index contributed by atoms with van der Waals surface area (Å²) in [5, 5.41) is 6.63. The van der Waals surface area contributed by atoms with Crippen LogP contribution in [0.4, 0.5) is 0 Å². The molecule has 0 saturated carbocycles. The van der Waals surface area contributed by atoms with E-state index in [1.807, 2.05) is 0 Å². The van der Waals surface area contributed by atoms with Gasteiger partial charge in [-0.15, -0.1) is 0 Å². The highest BCUT2D eigenvalue weighted by atomic mass is 16.1. The Hall–Kier alpha value is -1.09. The van der Waals surface area contributed by atoms with Crippen molar-refractivity contribution in [3.63, 3.8) is 0 Å². The van der Waals surface area contributed by atoms with Crippen molar-refractivity contribution in [3.8, 4) is 0 Å². The Morgan fingerprint density at radius 2 is 2.05 bits per heavy atom. The number of piperidine rings is 1. The highest BCUT2D eigenvalue weighted by Gasteiger charge is 2.27. The van der Waals surface area contributed by atoms with E-state index in [-0.39, 0.29) is 17.9 Å². The van der Waals surface area contributed by atoms with Crippen LogP contribution in [0.1, 0.15) is 44.9 Å². The van der Waals surface area contributed by atoms with Crippen LogP contribution in [-0.4, -0.2) is 25.0 Å². The third kappa shape index (κ3) is 2.92. The molecule has 19 heavy (non-hydrogen) atoms.